The topological polar surface area (TPSA) is 75.3 Å². The molecule has 0 aromatic heterocycles. The summed E-state index contributed by atoms with van der Waals surface area (Å²) in [6, 6.07) is 2.88. The molecule has 1 amide bonds. The van der Waals surface area contributed by atoms with Crippen LogP contribution < -0.4 is 10.0 Å². The Morgan fingerprint density at radius 2 is 1.95 bits per heavy atom. The van der Waals surface area contributed by atoms with Crippen molar-refractivity contribution in [3.05, 3.63) is 29.0 Å². The van der Waals surface area contributed by atoms with Gasteiger partial charge in [0.15, 0.2) is 0 Å². The Bertz CT molecular complexity index is 600. The molecule has 21 heavy (non-hydrogen) atoms. The Morgan fingerprint density at radius 1 is 1.33 bits per heavy atom. The van der Waals surface area contributed by atoms with E-state index in [1.807, 2.05) is 0 Å². The number of carbonyl (C=O) groups excluding carboxylic acids is 1. The highest BCUT2D eigenvalue weighted by molar-refractivity contribution is 7.89. The van der Waals surface area contributed by atoms with Crippen molar-refractivity contribution in [3.63, 3.8) is 0 Å². The summed E-state index contributed by atoms with van der Waals surface area (Å²) in [4.78, 5) is 11.0. The minimum atomic E-state index is -4.13. The van der Waals surface area contributed by atoms with Crippen LogP contribution in [0.4, 0.5) is 4.39 Å². The van der Waals surface area contributed by atoms with Crippen LogP contribution in [-0.4, -0.2) is 26.4 Å². The zero-order chi connectivity index (χ0) is 16.2. The van der Waals surface area contributed by atoms with E-state index in [-0.39, 0.29) is 23.4 Å². The van der Waals surface area contributed by atoms with Gasteiger partial charge in [0.05, 0.1) is 5.02 Å². The van der Waals surface area contributed by atoms with E-state index in [1.165, 1.54) is 19.1 Å². The number of sulfonamides is 1. The molecule has 1 atom stereocenters. The Balaban J connectivity index is 2.84. The number of rotatable bonds is 6. The normalized spacial score (nSPS) is 13.2. The third-order valence-electron chi connectivity index (χ3n) is 2.49. The Kier molecular flexibility index (Phi) is 6.12. The molecule has 0 radical (unpaired) electrons. The first-order chi connectivity index (χ1) is 9.63. The molecule has 1 aromatic rings. The first kappa shape index (κ1) is 17.9. The lowest BCUT2D eigenvalue weighted by Gasteiger charge is -2.16. The van der Waals surface area contributed by atoms with E-state index in [0.717, 1.165) is 6.07 Å². The molecule has 0 unspecified atom stereocenters. The minimum Gasteiger partial charge on any atom is -0.354 e. The molecule has 5 nitrogen and oxygen atoms in total. The van der Waals surface area contributed by atoms with Crippen molar-refractivity contribution in [3.8, 4) is 0 Å². The second kappa shape index (κ2) is 7.20. The molecule has 0 aliphatic carbocycles. The number of carbonyl (C=O) groups is 1. The monoisotopic (exact) mass is 336 g/mol. The molecule has 2 N–H and O–H groups in total. The molecule has 1 rings (SSSR count). The van der Waals surface area contributed by atoms with Gasteiger partial charge in [-0.2, -0.15) is 0 Å². The summed E-state index contributed by atoms with van der Waals surface area (Å²) in [6.45, 7) is 5.12. The predicted octanol–water partition coefficient (Wildman–Crippen LogP) is 2.06. The molecule has 0 aliphatic heterocycles. The second-order valence-electron chi connectivity index (χ2n) is 5.00. The van der Waals surface area contributed by atoms with Gasteiger partial charge in [-0.15, -0.1) is 0 Å². The van der Waals surface area contributed by atoms with Crippen LogP contribution >= 0.6 is 11.6 Å². The average molecular weight is 337 g/mol. The van der Waals surface area contributed by atoms with Crippen molar-refractivity contribution in [2.45, 2.75) is 44.2 Å². The first-order valence-electron chi connectivity index (χ1n) is 6.39. The minimum absolute atomic E-state index is 0.0395. The lowest BCUT2D eigenvalue weighted by molar-refractivity contribution is -0.121. The molecule has 0 bridgehead atoms. The van der Waals surface area contributed by atoms with E-state index in [9.17, 15) is 17.6 Å². The standard InChI is InChI=1S/C13H18ClFN2O3S/c1-8(2)16-12(18)7-9(3)17-21(19,20)13-10(14)5-4-6-11(13)15/h4-6,8-9,17H,7H2,1-3H3,(H,16,18)/t9-/m0/s1. The number of amides is 1. The Hall–Kier alpha value is -1.18. The van der Waals surface area contributed by atoms with Gasteiger partial charge in [0.2, 0.25) is 15.9 Å². The number of hydrogen-bond acceptors (Lipinski definition) is 3. The summed E-state index contributed by atoms with van der Waals surface area (Å²) in [5, 5.41) is 2.44. The van der Waals surface area contributed by atoms with E-state index in [4.69, 9.17) is 11.6 Å². The zero-order valence-electron chi connectivity index (χ0n) is 12.0. The van der Waals surface area contributed by atoms with Gasteiger partial charge in [-0.05, 0) is 32.9 Å². The molecule has 0 heterocycles. The average Bonchev–Trinajstić information content (AvgIpc) is 2.24. The lowest BCUT2D eigenvalue weighted by Crippen LogP contribution is -2.39. The van der Waals surface area contributed by atoms with E-state index in [1.54, 1.807) is 13.8 Å². The highest BCUT2D eigenvalue weighted by Crippen LogP contribution is 2.24. The molecule has 8 heteroatoms. The molecule has 118 valence electrons. The van der Waals surface area contributed by atoms with Gasteiger partial charge in [-0.3, -0.25) is 4.79 Å². The van der Waals surface area contributed by atoms with Crippen molar-refractivity contribution in [1.82, 2.24) is 10.0 Å². The van der Waals surface area contributed by atoms with Crippen LogP contribution in [-0.2, 0) is 14.8 Å². The quantitative estimate of drug-likeness (QED) is 0.835. The van der Waals surface area contributed by atoms with Gasteiger partial charge < -0.3 is 5.32 Å². The molecule has 0 saturated carbocycles. The number of benzene rings is 1. The highest BCUT2D eigenvalue weighted by Gasteiger charge is 2.25. The van der Waals surface area contributed by atoms with Crippen LogP contribution in [0.2, 0.25) is 5.02 Å². The maximum atomic E-state index is 13.6. The van der Waals surface area contributed by atoms with Crippen LogP contribution in [0.5, 0.6) is 0 Å². The predicted molar refractivity (Wildman–Crippen MR) is 79.1 cm³/mol. The van der Waals surface area contributed by atoms with Crippen molar-refractivity contribution < 1.29 is 17.6 Å². The van der Waals surface area contributed by atoms with Crippen LogP contribution in [0.25, 0.3) is 0 Å². The smallest absolute Gasteiger partial charge is 0.245 e. The largest absolute Gasteiger partial charge is 0.354 e. The fraction of sp³-hybridized carbons (Fsp3) is 0.462. The lowest BCUT2D eigenvalue weighted by atomic mass is 10.2. The number of nitrogens with one attached hydrogen (secondary N) is 2. The SMILES string of the molecule is CC(C)NC(=O)C[C@H](C)NS(=O)(=O)c1c(F)cccc1Cl. The summed E-state index contributed by atoms with van der Waals surface area (Å²) >= 11 is 5.73. The van der Waals surface area contributed by atoms with E-state index >= 15 is 0 Å². The zero-order valence-corrected chi connectivity index (χ0v) is 13.6. The van der Waals surface area contributed by atoms with Gasteiger partial charge >= 0.3 is 0 Å². The van der Waals surface area contributed by atoms with E-state index in [0.29, 0.717) is 0 Å². The Labute approximate surface area is 128 Å². The van der Waals surface area contributed by atoms with Gasteiger partial charge in [0.25, 0.3) is 0 Å². The van der Waals surface area contributed by atoms with Crippen molar-refractivity contribution >= 4 is 27.5 Å². The molecule has 1 aromatic carbocycles. The molecular weight excluding hydrogens is 319 g/mol. The molecule has 0 aliphatic rings. The molecular formula is C13H18ClFN2O3S. The van der Waals surface area contributed by atoms with Gasteiger partial charge in [-0.1, -0.05) is 17.7 Å². The Morgan fingerprint density at radius 3 is 2.48 bits per heavy atom. The summed E-state index contributed by atoms with van der Waals surface area (Å²) in [5.74, 6) is -1.23. The van der Waals surface area contributed by atoms with Crippen molar-refractivity contribution in [2.24, 2.45) is 0 Å². The van der Waals surface area contributed by atoms with E-state index < -0.39 is 26.8 Å². The molecule has 0 saturated heterocycles. The van der Waals surface area contributed by atoms with Crippen LogP contribution in [0.3, 0.4) is 0 Å². The molecule has 0 fully saturated rings. The van der Waals surface area contributed by atoms with Gasteiger partial charge in [-0.25, -0.2) is 17.5 Å². The number of halogens is 2. The van der Waals surface area contributed by atoms with E-state index in [2.05, 4.69) is 10.0 Å². The first-order valence-corrected chi connectivity index (χ1v) is 8.25. The fourth-order valence-corrected chi connectivity index (χ4v) is 3.61. The van der Waals surface area contributed by atoms with Crippen molar-refractivity contribution in [1.29, 1.82) is 0 Å². The van der Waals surface area contributed by atoms with Crippen LogP contribution in [0.15, 0.2) is 23.1 Å². The highest BCUT2D eigenvalue weighted by atomic mass is 35.5. The maximum Gasteiger partial charge on any atom is 0.245 e. The third kappa shape index (κ3) is 5.26. The van der Waals surface area contributed by atoms with Gasteiger partial charge in [0, 0.05) is 18.5 Å². The summed E-state index contributed by atoms with van der Waals surface area (Å²) in [5.41, 5.74) is 0. The fourth-order valence-electron chi connectivity index (χ4n) is 1.76. The molecule has 0 spiro atoms. The maximum absolute atomic E-state index is 13.6. The summed E-state index contributed by atoms with van der Waals surface area (Å²) < 4.78 is 40.1. The summed E-state index contributed by atoms with van der Waals surface area (Å²) in [6.07, 6.45) is -0.0521. The van der Waals surface area contributed by atoms with Crippen LogP contribution in [0.1, 0.15) is 27.2 Å². The third-order valence-corrected chi connectivity index (χ3v) is 4.58. The number of hydrogen-bond donors (Lipinski definition) is 2. The second-order valence-corrected chi connectivity index (χ2v) is 7.06. The van der Waals surface area contributed by atoms with Crippen molar-refractivity contribution in [2.75, 3.05) is 0 Å². The van der Waals surface area contributed by atoms with Gasteiger partial charge in [0.1, 0.15) is 10.7 Å². The van der Waals surface area contributed by atoms with Crippen LogP contribution in [0, 0.1) is 5.82 Å². The summed E-state index contributed by atoms with van der Waals surface area (Å²) in [7, 11) is -4.13.